The van der Waals surface area contributed by atoms with Gasteiger partial charge in [0.15, 0.2) is 5.78 Å². The van der Waals surface area contributed by atoms with Gasteiger partial charge < -0.3 is 9.47 Å². The minimum absolute atomic E-state index is 0.0254. The van der Waals surface area contributed by atoms with E-state index in [2.05, 4.69) is 4.99 Å². The Morgan fingerprint density at radius 1 is 1.03 bits per heavy atom. The number of aliphatic imine (C=N–C) groups is 1. The van der Waals surface area contributed by atoms with E-state index < -0.39 is 23.8 Å². The summed E-state index contributed by atoms with van der Waals surface area (Å²) in [6.07, 6.45) is 1.92. The summed E-state index contributed by atoms with van der Waals surface area (Å²) >= 11 is 0. The number of rotatable bonds is 5. The summed E-state index contributed by atoms with van der Waals surface area (Å²) < 4.78 is 10.8. The van der Waals surface area contributed by atoms with Crippen LogP contribution in [0.2, 0.25) is 0 Å². The van der Waals surface area contributed by atoms with Crippen molar-refractivity contribution in [3.63, 3.8) is 0 Å². The molecule has 0 radical (unpaired) electrons. The average molecular weight is 431 g/mol. The van der Waals surface area contributed by atoms with Gasteiger partial charge in [0.05, 0.1) is 0 Å². The number of ether oxygens (including phenoxy) is 2. The smallest absolute Gasteiger partial charge is 0.315 e. The predicted molar refractivity (Wildman–Crippen MR) is 119 cm³/mol. The van der Waals surface area contributed by atoms with E-state index in [4.69, 9.17) is 9.47 Å². The first-order valence-electron chi connectivity index (χ1n) is 10.7. The minimum Gasteiger partial charge on any atom is -0.460 e. The number of carbonyl (C=O) groups excluding carboxylic acids is 3. The highest BCUT2D eigenvalue weighted by atomic mass is 16.5. The van der Waals surface area contributed by atoms with Gasteiger partial charge in [0.2, 0.25) is 0 Å². The first-order valence-corrected chi connectivity index (χ1v) is 10.7. The summed E-state index contributed by atoms with van der Waals surface area (Å²) in [6, 6.07) is 16.4. The molecule has 2 atom stereocenters. The molecule has 0 saturated heterocycles. The van der Waals surface area contributed by atoms with E-state index in [0.717, 1.165) is 23.2 Å². The Morgan fingerprint density at radius 3 is 2.44 bits per heavy atom. The number of allylic oxidation sites excluding steroid dienone is 2. The highest BCUT2D eigenvalue weighted by molar-refractivity contribution is 6.08. The molecule has 1 heterocycles. The zero-order chi connectivity index (χ0) is 22.7. The molecule has 1 aliphatic carbocycles. The molecule has 0 aromatic heterocycles. The van der Waals surface area contributed by atoms with Crippen LogP contribution in [-0.2, 0) is 25.7 Å². The summed E-state index contributed by atoms with van der Waals surface area (Å²) in [7, 11) is 0. The van der Waals surface area contributed by atoms with Crippen LogP contribution in [0.4, 0.5) is 0 Å². The van der Waals surface area contributed by atoms with Gasteiger partial charge in [-0.15, -0.1) is 0 Å². The number of ketones is 1. The molecule has 32 heavy (non-hydrogen) atoms. The third-order valence-electron chi connectivity index (χ3n) is 5.81. The fourth-order valence-corrected chi connectivity index (χ4v) is 4.40. The van der Waals surface area contributed by atoms with Gasteiger partial charge >= 0.3 is 11.9 Å². The lowest BCUT2D eigenvalue weighted by molar-refractivity contribution is -0.148. The number of carbonyl (C=O) groups is 3. The lowest BCUT2D eigenvalue weighted by Gasteiger charge is -2.34. The highest BCUT2D eigenvalue weighted by Crippen LogP contribution is 2.44. The van der Waals surface area contributed by atoms with E-state index in [1.165, 1.54) is 6.92 Å². The van der Waals surface area contributed by atoms with Crippen molar-refractivity contribution >= 4 is 23.4 Å². The van der Waals surface area contributed by atoms with E-state index in [9.17, 15) is 14.4 Å². The van der Waals surface area contributed by atoms with E-state index in [1.807, 2.05) is 37.3 Å². The van der Waals surface area contributed by atoms with Gasteiger partial charge in [-0.05, 0) is 43.0 Å². The topological polar surface area (TPSA) is 82.0 Å². The van der Waals surface area contributed by atoms with E-state index >= 15 is 0 Å². The third kappa shape index (κ3) is 4.54. The van der Waals surface area contributed by atoms with Crippen LogP contribution < -0.4 is 4.74 Å². The van der Waals surface area contributed by atoms with Crippen LogP contribution >= 0.6 is 0 Å². The molecule has 1 aliphatic heterocycles. The average Bonchev–Trinajstić information content (AvgIpc) is 2.77. The Kier molecular flexibility index (Phi) is 6.30. The second-order valence-electron chi connectivity index (χ2n) is 8.10. The number of nitrogens with zero attached hydrogens (tertiary/aromatic N) is 1. The fraction of sp³-hybridized carbons (Fsp3) is 0.308. The molecule has 0 bridgehead atoms. The zero-order valence-corrected chi connectivity index (χ0v) is 18.2. The van der Waals surface area contributed by atoms with Crippen LogP contribution in [0, 0.1) is 5.92 Å². The number of hydrogen-bond donors (Lipinski definition) is 0. The van der Waals surface area contributed by atoms with E-state index in [1.54, 1.807) is 24.3 Å². The highest BCUT2D eigenvalue weighted by Gasteiger charge is 2.43. The molecule has 2 aromatic rings. The first-order chi connectivity index (χ1) is 15.4. The van der Waals surface area contributed by atoms with Gasteiger partial charge in [-0.1, -0.05) is 42.5 Å². The van der Waals surface area contributed by atoms with Crippen molar-refractivity contribution in [1.82, 2.24) is 0 Å². The Labute approximate surface area is 187 Å². The number of benzene rings is 2. The molecule has 2 aromatic carbocycles. The second-order valence-corrected chi connectivity index (χ2v) is 8.10. The van der Waals surface area contributed by atoms with Gasteiger partial charge in [-0.25, -0.2) is 0 Å². The quantitative estimate of drug-likeness (QED) is 0.513. The second kappa shape index (κ2) is 9.30. The standard InChI is InChI=1S/C26H25NO5/c1-16-23(26(30)31-15-18-7-4-3-5-8-18)24(25-21(27-16)9-6-10-22(25)29)19-11-13-20(14-12-19)32-17(2)28/h3-5,7-8,11-14,23-24H,6,9-10,15H2,1-2H3/t23?,24-/m0/s1. The molecule has 0 amide bonds. The molecule has 0 spiro atoms. The van der Waals surface area contributed by atoms with Crippen molar-refractivity contribution in [2.75, 3.05) is 0 Å². The summed E-state index contributed by atoms with van der Waals surface area (Å²) in [5.74, 6) is -1.56. The monoisotopic (exact) mass is 431 g/mol. The maximum atomic E-state index is 13.3. The molecule has 4 rings (SSSR count). The molecule has 2 aliphatic rings. The summed E-state index contributed by atoms with van der Waals surface area (Å²) in [6.45, 7) is 3.31. The van der Waals surface area contributed by atoms with Gasteiger partial charge in [0.1, 0.15) is 18.3 Å². The molecule has 164 valence electrons. The maximum absolute atomic E-state index is 13.3. The van der Waals surface area contributed by atoms with Crippen LogP contribution in [0.25, 0.3) is 0 Å². The number of Topliss-reactive ketones (excluding diaryl/α,β-unsaturated/α-hetero) is 1. The van der Waals surface area contributed by atoms with Gasteiger partial charge in [-0.2, -0.15) is 0 Å². The van der Waals surface area contributed by atoms with Crippen LogP contribution in [0.3, 0.4) is 0 Å². The van der Waals surface area contributed by atoms with Crippen LogP contribution in [-0.4, -0.2) is 23.4 Å². The van der Waals surface area contributed by atoms with E-state index in [-0.39, 0.29) is 12.4 Å². The molecular weight excluding hydrogens is 406 g/mol. The van der Waals surface area contributed by atoms with Crippen molar-refractivity contribution < 1.29 is 23.9 Å². The van der Waals surface area contributed by atoms with Crippen LogP contribution in [0.1, 0.15) is 50.2 Å². The number of esters is 2. The Hall–Kier alpha value is -3.54. The molecular formula is C26H25NO5. The molecule has 0 fully saturated rings. The Balaban J connectivity index is 1.68. The van der Waals surface area contributed by atoms with Crippen LogP contribution in [0.5, 0.6) is 5.75 Å². The van der Waals surface area contributed by atoms with Crippen molar-refractivity contribution in [2.45, 2.75) is 45.6 Å². The molecule has 6 heteroatoms. The lowest BCUT2D eigenvalue weighted by Crippen LogP contribution is -2.37. The largest absolute Gasteiger partial charge is 0.460 e. The van der Waals surface area contributed by atoms with Crippen molar-refractivity contribution in [1.29, 1.82) is 0 Å². The van der Waals surface area contributed by atoms with Gasteiger partial charge in [-0.3, -0.25) is 19.4 Å². The zero-order valence-electron chi connectivity index (χ0n) is 18.2. The fourth-order valence-electron chi connectivity index (χ4n) is 4.40. The predicted octanol–water partition coefficient (Wildman–Crippen LogP) is 4.54. The van der Waals surface area contributed by atoms with Gasteiger partial charge in [0, 0.05) is 36.2 Å². The van der Waals surface area contributed by atoms with E-state index in [0.29, 0.717) is 29.9 Å². The lowest BCUT2D eigenvalue weighted by atomic mass is 9.72. The van der Waals surface area contributed by atoms with Crippen molar-refractivity contribution in [2.24, 2.45) is 10.9 Å². The Bertz CT molecular complexity index is 1100. The number of hydrogen-bond acceptors (Lipinski definition) is 6. The third-order valence-corrected chi connectivity index (χ3v) is 5.81. The SMILES string of the molecule is CC(=O)Oc1ccc([C@@H]2C3=C(CCCC3=O)N=C(C)C2C(=O)OCc2ccccc2)cc1. The molecule has 0 saturated carbocycles. The molecule has 6 nitrogen and oxygen atoms in total. The summed E-state index contributed by atoms with van der Waals surface area (Å²) in [4.78, 5) is 42.1. The van der Waals surface area contributed by atoms with Crippen molar-refractivity contribution in [3.05, 3.63) is 77.0 Å². The molecule has 0 N–H and O–H groups in total. The summed E-state index contributed by atoms with van der Waals surface area (Å²) in [5, 5.41) is 0. The van der Waals surface area contributed by atoms with Crippen molar-refractivity contribution in [3.8, 4) is 5.75 Å². The Morgan fingerprint density at radius 2 is 1.75 bits per heavy atom. The van der Waals surface area contributed by atoms with Gasteiger partial charge in [0.25, 0.3) is 0 Å². The normalized spacial score (nSPS) is 20.3. The van der Waals surface area contributed by atoms with Crippen LogP contribution in [0.15, 0.2) is 70.9 Å². The summed E-state index contributed by atoms with van der Waals surface area (Å²) in [5.41, 5.74) is 3.69. The first kappa shape index (κ1) is 21.7. The maximum Gasteiger partial charge on any atom is 0.315 e. The molecule has 1 unspecified atom stereocenters. The minimum atomic E-state index is -0.695.